The molecule has 2 aliphatic heterocycles. The fourth-order valence-electron chi connectivity index (χ4n) is 3.84. The Morgan fingerprint density at radius 1 is 1.14 bits per heavy atom. The third-order valence-electron chi connectivity index (χ3n) is 5.55. The van der Waals surface area contributed by atoms with E-state index in [2.05, 4.69) is 10.3 Å². The van der Waals surface area contributed by atoms with Crippen molar-refractivity contribution in [2.75, 3.05) is 39.5 Å². The Hall–Kier alpha value is -2.09. The molecule has 3 rings (SSSR count). The van der Waals surface area contributed by atoms with Crippen molar-refractivity contribution in [3.8, 4) is 0 Å². The molecular weight excluding hydrogens is 500 g/mol. The van der Waals surface area contributed by atoms with E-state index in [1.54, 1.807) is 4.90 Å². The Labute approximate surface area is 202 Å². The number of benzene rings is 1. The standard InChI is InChI=1S/C22H25F6N3O3S/c23-21(24,25)16-2-1-15(17(12-16)22(26,27)28)13-31-6-3-14(4-7-31)11-18-19(30-20(33)35-18)29-5-9-34-10-8-32/h1-2,11-12,14,32H,3-10,13H2,(H,29,30,33)/b18-11+. The maximum atomic E-state index is 13.4. The highest BCUT2D eigenvalue weighted by atomic mass is 32.2. The maximum absolute atomic E-state index is 13.4. The van der Waals surface area contributed by atoms with Gasteiger partial charge in [0.1, 0.15) is 5.84 Å². The summed E-state index contributed by atoms with van der Waals surface area (Å²) >= 11 is 1.02. The molecule has 0 spiro atoms. The lowest BCUT2D eigenvalue weighted by atomic mass is 9.95. The molecule has 2 heterocycles. The molecule has 2 saturated heterocycles. The van der Waals surface area contributed by atoms with Crippen LogP contribution >= 0.6 is 11.8 Å². The molecule has 0 saturated carbocycles. The van der Waals surface area contributed by atoms with Crippen molar-refractivity contribution in [2.45, 2.75) is 31.7 Å². The number of nitrogens with zero attached hydrogens (tertiary/aromatic N) is 2. The lowest BCUT2D eigenvalue weighted by molar-refractivity contribution is -0.143. The van der Waals surface area contributed by atoms with Crippen molar-refractivity contribution in [3.05, 3.63) is 45.9 Å². The van der Waals surface area contributed by atoms with Crippen LogP contribution in [0, 0.1) is 5.92 Å². The van der Waals surface area contributed by atoms with Crippen LogP contribution < -0.4 is 5.32 Å². The smallest absolute Gasteiger partial charge is 0.394 e. The number of piperidine rings is 1. The number of aliphatic imine (C=N–C) groups is 1. The van der Waals surface area contributed by atoms with Gasteiger partial charge in [-0.1, -0.05) is 12.1 Å². The van der Waals surface area contributed by atoms with E-state index in [0.29, 0.717) is 55.9 Å². The molecule has 6 nitrogen and oxygen atoms in total. The highest BCUT2D eigenvalue weighted by Crippen LogP contribution is 2.38. The van der Waals surface area contributed by atoms with Gasteiger partial charge in [0, 0.05) is 6.54 Å². The first-order chi connectivity index (χ1) is 16.5. The van der Waals surface area contributed by atoms with E-state index in [1.807, 2.05) is 6.08 Å². The van der Waals surface area contributed by atoms with Gasteiger partial charge >= 0.3 is 12.4 Å². The number of amides is 1. The highest BCUT2D eigenvalue weighted by Gasteiger charge is 2.38. The largest absolute Gasteiger partial charge is 0.416 e. The van der Waals surface area contributed by atoms with Crippen LogP contribution in [0.3, 0.4) is 0 Å². The average Bonchev–Trinajstić information content (AvgIpc) is 3.12. The zero-order valence-electron chi connectivity index (χ0n) is 18.6. The molecule has 0 bridgehead atoms. The summed E-state index contributed by atoms with van der Waals surface area (Å²) in [5, 5.41) is 11.1. The lowest BCUT2D eigenvalue weighted by Gasteiger charge is -2.31. The van der Waals surface area contributed by atoms with Crippen LogP contribution in [0.4, 0.5) is 31.1 Å². The number of rotatable bonds is 8. The van der Waals surface area contributed by atoms with E-state index >= 15 is 0 Å². The second kappa shape index (κ2) is 11.8. The Morgan fingerprint density at radius 3 is 2.49 bits per heavy atom. The first-order valence-corrected chi connectivity index (χ1v) is 11.7. The van der Waals surface area contributed by atoms with Crippen LogP contribution in [-0.4, -0.2) is 60.5 Å². The lowest BCUT2D eigenvalue weighted by Crippen LogP contribution is -2.33. The number of aliphatic hydroxyl groups excluding tert-OH is 1. The summed E-state index contributed by atoms with van der Waals surface area (Å²) in [6, 6.07) is 1.75. The Kier molecular flexibility index (Phi) is 9.24. The minimum Gasteiger partial charge on any atom is -0.394 e. The van der Waals surface area contributed by atoms with Gasteiger partial charge in [0.05, 0.1) is 42.4 Å². The Morgan fingerprint density at radius 2 is 1.86 bits per heavy atom. The third-order valence-corrected chi connectivity index (χ3v) is 6.39. The Balaban J connectivity index is 1.61. The van der Waals surface area contributed by atoms with Gasteiger partial charge in [-0.2, -0.15) is 26.3 Å². The molecular formula is C22H25F6N3O3S. The van der Waals surface area contributed by atoms with E-state index in [4.69, 9.17) is 9.84 Å². The molecule has 0 radical (unpaired) electrons. The van der Waals surface area contributed by atoms with E-state index in [9.17, 15) is 31.1 Å². The number of likely N-dealkylation sites (tertiary alicyclic amines) is 1. The molecule has 194 valence electrons. The number of hydrogen-bond donors (Lipinski definition) is 2. The molecule has 2 N–H and O–H groups in total. The minimum absolute atomic E-state index is 0.0759. The number of carbonyl (C=O) groups is 1. The number of allylic oxidation sites excluding steroid dienone is 1. The third kappa shape index (κ3) is 7.95. The summed E-state index contributed by atoms with van der Waals surface area (Å²) in [4.78, 5) is 18.6. The number of carbonyl (C=O) groups excluding carboxylic acids is 1. The van der Waals surface area contributed by atoms with Crippen molar-refractivity contribution in [3.63, 3.8) is 0 Å². The summed E-state index contributed by atoms with van der Waals surface area (Å²) in [5.74, 6) is 0.515. The quantitative estimate of drug-likeness (QED) is 0.381. The van der Waals surface area contributed by atoms with Crippen LogP contribution in [0.2, 0.25) is 0 Å². The van der Waals surface area contributed by atoms with Gasteiger partial charge in [0.15, 0.2) is 0 Å². The molecule has 0 aliphatic carbocycles. The SMILES string of the molecule is O=C1NC(=NCCOCCO)/C(=C\C2CCN(Cc3ccc(C(F)(F)F)cc3C(F)(F)F)CC2)S1. The van der Waals surface area contributed by atoms with Crippen molar-refractivity contribution < 1.29 is 41.0 Å². The van der Waals surface area contributed by atoms with Crippen molar-refractivity contribution in [1.29, 1.82) is 0 Å². The summed E-state index contributed by atoms with van der Waals surface area (Å²) < 4.78 is 84.1. The predicted molar refractivity (Wildman–Crippen MR) is 119 cm³/mol. The molecule has 35 heavy (non-hydrogen) atoms. The number of alkyl halides is 6. The van der Waals surface area contributed by atoms with Crippen LogP contribution in [0.5, 0.6) is 0 Å². The van der Waals surface area contributed by atoms with Crippen LogP contribution in [0.15, 0.2) is 34.2 Å². The van der Waals surface area contributed by atoms with E-state index in [-0.39, 0.29) is 42.5 Å². The van der Waals surface area contributed by atoms with Gasteiger partial charge in [-0.25, -0.2) is 0 Å². The monoisotopic (exact) mass is 525 g/mol. The highest BCUT2D eigenvalue weighted by molar-refractivity contribution is 8.18. The van der Waals surface area contributed by atoms with Gasteiger partial charge < -0.3 is 15.2 Å². The second-order valence-electron chi connectivity index (χ2n) is 8.09. The number of nitrogens with one attached hydrogen (secondary N) is 1. The fraction of sp³-hybridized carbons (Fsp3) is 0.545. The van der Waals surface area contributed by atoms with Crippen molar-refractivity contribution >= 4 is 22.8 Å². The summed E-state index contributed by atoms with van der Waals surface area (Å²) in [5.41, 5.74) is -2.79. The topological polar surface area (TPSA) is 74.2 Å². The minimum atomic E-state index is -4.89. The molecule has 1 aromatic rings. The molecule has 0 unspecified atom stereocenters. The van der Waals surface area contributed by atoms with E-state index < -0.39 is 23.5 Å². The number of hydrogen-bond acceptors (Lipinski definition) is 6. The van der Waals surface area contributed by atoms with Crippen molar-refractivity contribution in [1.82, 2.24) is 10.2 Å². The van der Waals surface area contributed by atoms with Gasteiger partial charge in [-0.15, -0.1) is 0 Å². The number of amidine groups is 1. The zero-order chi connectivity index (χ0) is 25.6. The summed E-state index contributed by atoms with van der Waals surface area (Å²) in [7, 11) is 0. The maximum Gasteiger partial charge on any atom is 0.416 e. The molecule has 0 aromatic heterocycles. The van der Waals surface area contributed by atoms with Crippen LogP contribution in [-0.2, 0) is 23.6 Å². The van der Waals surface area contributed by atoms with Gasteiger partial charge in [-0.3, -0.25) is 14.7 Å². The molecule has 2 fully saturated rings. The molecule has 13 heteroatoms. The number of halogens is 6. The molecule has 0 atom stereocenters. The number of ether oxygens (including phenoxy) is 1. The summed E-state index contributed by atoms with van der Waals surface area (Å²) in [6.07, 6.45) is -6.59. The van der Waals surface area contributed by atoms with E-state index in [0.717, 1.165) is 17.8 Å². The van der Waals surface area contributed by atoms with E-state index in [1.165, 1.54) is 0 Å². The van der Waals surface area contributed by atoms with Crippen LogP contribution in [0.25, 0.3) is 0 Å². The molecule has 1 amide bonds. The van der Waals surface area contributed by atoms with Gasteiger partial charge in [-0.05, 0) is 61.3 Å². The fourth-order valence-corrected chi connectivity index (χ4v) is 4.66. The first kappa shape index (κ1) is 27.5. The first-order valence-electron chi connectivity index (χ1n) is 10.9. The normalized spacial score (nSPS) is 20.7. The average molecular weight is 526 g/mol. The molecule has 2 aliphatic rings. The summed E-state index contributed by atoms with van der Waals surface area (Å²) in [6.45, 7) is 1.51. The second-order valence-corrected chi connectivity index (χ2v) is 9.11. The predicted octanol–water partition coefficient (Wildman–Crippen LogP) is 4.68. The zero-order valence-corrected chi connectivity index (χ0v) is 19.4. The number of aliphatic hydroxyl groups is 1. The Bertz CT molecular complexity index is 957. The van der Waals surface area contributed by atoms with Gasteiger partial charge in [0.2, 0.25) is 0 Å². The molecule has 1 aromatic carbocycles. The van der Waals surface area contributed by atoms with Crippen molar-refractivity contribution in [2.24, 2.45) is 10.9 Å². The number of thioether (sulfide) groups is 1. The van der Waals surface area contributed by atoms with Crippen LogP contribution in [0.1, 0.15) is 29.5 Å². The van der Waals surface area contributed by atoms with Gasteiger partial charge in [0.25, 0.3) is 5.24 Å².